The Balaban J connectivity index is 0.000000161. The van der Waals surface area contributed by atoms with Gasteiger partial charge in [-0.3, -0.25) is 29.3 Å². The predicted octanol–water partition coefficient (Wildman–Crippen LogP) is 5.70. The molecule has 3 amide bonds. The van der Waals surface area contributed by atoms with Crippen LogP contribution < -0.4 is 31.9 Å². The highest BCUT2D eigenvalue weighted by Crippen LogP contribution is 2.38. The van der Waals surface area contributed by atoms with Gasteiger partial charge in [-0.25, -0.2) is 26.7 Å². The summed E-state index contributed by atoms with van der Waals surface area (Å²) in [5, 5.41) is 115. The van der Waals surface area contributed by atoms with Gasteiger partial charge in [0.1, 0.15) is 36.7 Å². The van der Waals surface area contributed by atoms with Crippen LogP contribution in [0.25, 0.3) is 50.7 Å². The Bertz CT molecular complexity index is 4140. The summed E-state index contributed by atoms with van der Waals surface area (Å²) in [6, 6.07) is 27.4. The molecule has 99 heavy (non-hydrogen) atoms. The van der Waals surface area contributed by atoms with Crippen molar-refractivity contribution in [2.24, 2.45) is 17.8 Å². The van der Waals surface area contributed by atoms with Crippen LogP contribution in [-0.4, -0.2) is 185 Å². The molecule has 516 valence electrons. The number of nitriles is 3. The largest absolute Gasteiger partial charge is 0.396 e. The molecule has 9 aromatic rings. The molecule has 27 nitrogen and oxygen atoms in total. The van der Waals surface area contributed by atoms with E-state index in [0.29, 0.717) is 67.9 Å². The van der Waals surface area contributed by atoms with Crippen molar-refractivity contribution in [2.75, 3.05) is 55.4 Å². The summed E-state index contributed by atoms with van der Waals surface area (Å²) in [5.74, 6) is -1.28. The Morgan fingerprint density at radius 3 is 0.949 bits per heavy atom. The third kappa shape index (κ3) is 17.0. The van der Waals surface area contributed by atoms with E-state index in [1.54, 1.807) is 49.9 Å². The second-order valence-electron chi connectivity index (χ2n) is 26.4. The summed E-state index contributed by atoms with van der Waals surface area (Å²) in [6.45, 7) is 7.12. The molecule has 0 spiro atoms. The van der Waals surface area contributed by atoms with Gasteiger partial charge in [0.25, 0.3) is 17.7 Å². The zero-order valence-electron chi connectivity index (χ0n) is 54.9. The fourth-order valence-corrected chi connectivity index (χ4v) is 10.5. The normalized spacial score (nSPS) is 18.5. The molecule has 9 atom stereocenters. The van der Waals surface area contributed by atoms with Crippen molar-refractivity contribution in [2.45, 2.75) is 114 Å². The van der Waals surface area contributed by atoms with Crippen molar-refractivity contribution >= 4 is 51.3 Å². The molecular formula is C69H75F3N18O9. The number of anilines is 3. The van der Waals surface area contributed by atoms with Crippen molar-refractivity contribution in [3.8, 4) is 52.4 Å². The van der Waals surface area contributed by atoms with Crippen LogP contribution in [0.15, 0.2) is 110 Å². The van der Waals surface area contributed by atoms with Crippen LogP contribution in [-0.2, 0) is 0 Å². The summed E-state index contributed by atoms with van der Waals surface area (Å²) < 4.78 is 47.3. The molecule has 0 radical (unpaired) electrons. The van der Waals surface area contributed by atoms with Crippen LogP contribution in [0.3, 0.4) is 0 Å². The average Bonchev–Trinajstić information content (AvgIpc) is 1.76. The Labute approximate surface area is 566 Å². The van der Waals surface area contributed by atoms with E-state index in [1.807, 2.05) is 36.4 Å². The number of aliphatic hydroxyl groups excluding tert-OH is 3. The average molecular weight is 1360 g/mol. The van der Waals surface area contributed by atoms with Crippen LogP contribution in [0.4, 0.5) is 30.2 Å². The Morgan fingerprint density at radius 1 is 0.465 bits per heavy atom. The van der Waals surface area contributed by atoms with E-state index >= 15 is 0 Å². The number of amides is 3. The molecule has 3 aliphatic carbocycles. The topological polar surface area (TPSA) is 407 Å². The van der Waals surface area contributed by atoms with Crippen molar-refractivity contribution < 1.29 is 58.2 Å². The van der Waals surface area contributed by atoms with Gasteiger partial charge in [-0.2, -0.15) is 31.1 Å². The minimum Gasteiger partial charge on any atom is -0.396 e. The van der Waals surface area contributed by atoms with E-state index in [9.17, 15) is 58.2 Å². The molecule has 3 fully saturated rings. The number of halogens is 3. The maximum Gasteiger partial charge on any atom is 0.255 e. The number of rotatable bonds is 24. The van der Waals surface area contributed by atoms with Crippen molar-refractivity contribution in [1.29, 1.82) is 15.8 Å². The monoisotopic (exact) mass is 1360 g/mol. The minimum atomic E-state index is -1.64. The molecule has 0 saturated heterocycles. The van der Waals surface area contributed by atoms with Crippen LogP contribution in [0.2, 0.25) is 0 Å². The first kappa shape index (κ1) is 71.1. The number of carbonyl (C=O) groups excluding carboxylic acids is 3. The second kappa shape index (κ2) is 29.6. The fourth-order valence-electron chi connectivity index (χ4n) is 10.5. The maximum atomic E-state index is 14.1. The third-order valence-corrected chi connectivity index (χ3v) is 17.2. The third-order valence-electron chi connectivity index (χ3n) is 17.2. The quantitative estimate of drug-likeness (QED) is 0.0345. The smallest absolute Gasteiger partial charge is 0.255 e. The highest BCUT2D eigenvalue weighted by atomic mass is 19.1. The van der Waals surface area contributed by atoms with Crippen molar-refractivity contribution in [3.63, 3.8) is 0 Å². The van der Waals surface area contributed by atoms with E-state index < -0.39 is 53.0 Å². The number of aliphatic hydroxyl groups is 6. The Morgan fingerprint density at radius 2 is 0.727 bits per heavy atom. The molecule has 3 aliphatic rings. The van der Waals surface area contributed by atoms with Gasteiger partial charge in [-0.15, -0.1) is 0 Å². The lowest BCUT2D eigenvalue weighted by Gasteiger charge is -2.22. The number of hydrogen-bond donors (Lipinski definition) is 12. The number of hydrogen-bond acceptors (Lipinski definition) is 21. The molecule has 12 N–H and O–H groups in total. The standard InChI is InChI=1S/3C23H25FN6O3/c3*1-23(2,33)21(24)11-27-22(32)16-10-26-19(7-18(16)29-17-6-14(17)12-31)20-4-3-15-5-13(8-25)9-28-30(15)20/h3*3-5,7,9-10,14,17,21,31,33H,6,11-12H2,1-2H3,(H,26,29)(H,27,32)/t3*14?,17?,21-/m111/s1. The molecule has 9 aromatic heterocycles. The van der Waals surface area contributed by atoms with Crippen LogP contribution in [0, 0.1) is 51.7 Å². The van der Waals surface area contributed by atoms with Crippen molar-refractivity contribution in [1.82, 2.24) is 59.7 Å². The zero-order valence-corrected chi connectivity index (χ0v) is 54.9. The highest BCUT2D eigenvalue weighted by molar-refractivity contribution is 6.01. The van der Waals surface area contributed by atoms with Crippen LogP contribution >= 0.6 is 0 Å². The van der Waals surface area contributed by atoms with Gasteiger partial charge in [-0.05, 0) is 134 Å². The second-order valence-corrected chi connectivity index (χ2v) is 26.4. The van der Waals surface area contributed by atoms with Gasteiger partial charge in [0.15, 0.2) is 0 Å². The molecule has 30 heteroatoms. The lowest BCUT2D eigenvalue weighted by atomic mass is 10.0. The van der Waals surface area contributed by atoms with Gasteiger partial charge in [0.05, 0.1) is 156 Å². The number of nitrogens with one attached hydrogen (secondary N) is 6. The number of nitrogens with zero attached hydrogens (tertiary/aromatic N) is 12. The summed E-state index contributed by atoms with van der Waals surface area (Å²) in [4.78, 5) is 51.6. The summed E-state index contributed by atoms with van der Waals surface area (Å²) >= 11 is 0. The van der Waals surface area contributed by atoms with Gasteiger partial charge >= 0.3 is 0 Å². The van der Waals surface area contributed by atoms with E-state index in [-0.39, 0.29) is 92.0 Å². The SMILES string of the molecule is CC(C)(O)[C@H](F)CNC(=O)c1cnc(-c2ccc3cc(C#N)cnn23)cc1NC1CC1CO.CC(C)(O)[C@H](F)CNC(=O)c1cnc(-c2ccc3cc(C#N)cnn23)cc1NC1CC1CO.CC(C)(O)[C@H](F)CNC(=O)c1cnc(-c2ccc3cc(C#N)cnn23)cc1NC1CC1CO. The number of aromatic nitrogens is 9. The molecule has 0 aliphatic heterocycles. The highest BCUT2D eigenvalue weighted by Gasteiger charge is 2.40. The first-order valence-electron chi connectivity index (χ1n) is 31.8. The molecule has 3 saturated carbocycles. The number of carbonyl (C=O) groups is 3. The predicted molar refractivity (Wildman–Crippen MR) is 358 cm³/mol. The molecule has 12 rings (SSSR count). The number of fused-ring (bicyclic) bond motifs is 3. The van der Waals surface area contributed by atoms with Crippen LogP contribution in [0.5, 0.6) is 0 Å². The molecule has 9 heterocycles. The van der Waals surface area contributed by atoms with Gasteiger partial charge in [0, 0.05) is 74.3 Å². The number of pyridine rings is 3. The van der Waals surface area contributed by atoms with Crippen molar-refractivity contribution in [3.05, 3.63) is 143 Å². The summed E-state index contributed by atoms with van der Waals surface area (Å²) in [5.41, 5.74) is 4.62. The summed E-state index contributed by atoms with van der Waals surface area (Å²) in [6.07, 6.45) is 6.01. The molecule has 0 aromatic carbocycles. The lowest BCUT2D eigenvalue weighted by Crippen LogP contribution is -2.42. The zero-order chi connectivity index (χ0) is 71.3. The summed E-state index contributed by atoms with van der Waals surface area (Å²) in [7, 11) is 0. The van der Waals surface area contributed by atoms with E-state index in [4.69, 9.17) is 15.8 Å². The van der Waals surface area contributed by atoms with Gasteiger partial charge in [0.2, 0.25) is 0 Å². The fraction of sp³-hybridized carbons (Fsp3) is 0.391. The number of alkyl halides is 3. The van der Waals surface area contributed by atoms with Gasteiger partial charge in [-0.1, -0.05) is 0 Å². The van der Waals surface area contributed by atoms with E-state index in [1.165, 1.54) is 78.7 Å². The molecular weight excluding hydrogens is 1280 g/mol. The first-order chi connectivity index (χ1) is 47.1. The van der Waals surface area contributed by atoms with E-state index in [0.717, 1.165) is 35.8 Å². The van der Waals surface area contributed by atoms with Crippen LogP contribution in [0.1, 0.15) is 109 Å². The van der Waals surface area contributed by atoms with E-state index in [2.05, 4.69) is 80.4 Å². The Hall–Kier alpha value is -10.7. The Kier molecular flexibility index (Phi) is 21.3. The lowest BCUT2D eigenvalue weighted by molar-refractivity contribution is -0.00209. The van der Waals surface area contributed by atoms with Gasteiger partial charge < -0.3 is 62.5 Å². The maximum absolute atomic E-state index is 14.1. The molecule has 6 unspecified atom stereocenters. The molecule has 0 bridgehead atoms. The first-order valence-corrected chi connectivity index (χ1v) is 31.8. The minimum absolute atomic E-state index is 0.0162.